The zero-order chi connectivity index (χ0) is 13.1. The number of halogens is 3. The van der Waals surface area contributed by atoms with E-state index in [0.29, 0.717) is 12.2 Å². The zero-order valence-corrected chi connectivity index (χ0v) is 11.4. The Kier molecular flexibility index (Phi) is 3.97. The normalized spacial score (nSPS) is 10.4. The molecule has 18 heavy (non-hydrogen) atoms. The van der Waals surface area contributed by atoms with Gasteiger partial charge in [0, 0.05) is 17.1 Å². The molecule has 2 aromatic rings. The number of aryl methyl sites for hydroxylation is 1. The van der Waals surface area contributed by atoms with Crippen LogP contribution in [0.25, 0.3) is 0 Å². The molecule has 0 amide bonds. The van der Waals surface area contributed by atoms with Crippen LogP contribution in [0.5, 0.6) is 0 Å². The van der Waals surface area contributed by atoms with E-state index in [-0.39, 0.29) is 0 Å². The topological polar surface area (TPSA) is 12.0 Å². The van der Waals surface area contributed by atoms with Crippen LogP contribution in [0.15, 0.2) is 40.9 Å². The van der Waals surface area contributed by atoms with Crippen molar-refractivity contribution >= 4 is 21.6 Å². The molecule has 2 aromatic carbocycles. The first kappa shape index (κ1) is 13.0. The molecule has 0 aliphatic rings. The van der Waals surface area contributed by atoms with Crippen LogP contribution in [0.1, 0.15) is 11.1 Å². The van der Waals surface area contributed by atoms with Gasteiger partial charge in [0.05, 0.1) is 5.69 Å². The molecular weight excluding hydrogens is 300 g/mol. The van der Waals surface area contributed by atoms with E-state index in [1.54, 1.807) is 0 Å². The number of benzene rings is 2. The molecule has 0 bridgehead atoms. The summed E-state index contributed by atoms with van der Waals surface area (Å²) in [6, 6.07) is 9.43. The summed E-state index contributed by atoms with van der Waals surface area (Å²) in [6.07, 6.45) is 0. The van der Waals surface area contributed by atoms with Crippen molar-refractivity contribution in [3.8, 4) is 0 Å². The third kappa shape index (κ3) is 3.07. The van der Waals surface area contributed by atoms with E-state index in [4.69, 9.17) is 0 Å². The van der Waals surface area contributed by atoms with Crippen LogP contribution in [0.2, 0.25) is 0 Å². The summed E-state index contributed by atoms with van der Waals surface area (Å²) in [5, 5.41) is 2.94. The molecule has 0 saturated carbocycles. The van der Waals surface area contributed by atoms with Crippen molar-refractivity contribution in [2.75, 3.05) is 5.32 Å². The standard InChI is InChI=1S/C14H12BrF2N/c1-9-2-3-10(6-12(9)15)8-18-14-5-4-11(16)7-13(14)17/h2-7,18H,8H2,1H3. The Morgan fingerprint density at radius 3 is 2.56 bits per heavy atom. The molecule has 0 radical (unpaired) electrons. The van der Waals surface area contributed by atoms with Gasteiger partial charge in [0.2, 0.25) is 0 Å². The molecule has 0 spiro atoms. The van der Waals surface area contributed by atoms with E-state index in [1.807, 2.05) is 25.1 Å². The lowest BCUT2D eigenvalue weighted by atomic mass is 10.1. The van der Waals surface area contributed by atoms with Crippen molar-refractivity contribution in [2.24, 2.45) is 0 Å². The molecule has 1 N–H and O–H groups in total. The third-order valence-electron chi connectivity index (χ3n) is 2.65. The quantitative estimate of drug-likeness (QED) is 0.870. The van der Waals surface area contributed by atoms with Gasteiger partial charge in [-0.1, -0.05) is 28.1 Å². The van der Waals surface area contributed by atoms with Crippen LogP contribution >= 0.6 is 15.9 Å². The van der Waals surface area contributed by atoms with E-state index in [9.17, 15) is 8.78 Å². The molecule has 0 aliphatic carbocycles. The van der Waals surface area contributed by atoms with E-state index >= 15 is 0 Å². The van der Waals surface area contributed by atoms with E-state index in [2.05, 4.69) is 21.2 Å². The third-order valence-corrected chi connectivity index (χ3v) is 3.50. The first-order valence-corrected chi connectivity index (χ1v) is 6.29. The maximum atomic E-state index is 13.4. The van der Waals surface area contributed by atoms with Crippen LogP contribution in [0, 0.1) is 18.6 Å². The zero-order valence-electron chi connectivity index (χ0n) is 9.81. The minimum Gasteiger partial charge on any atom is -0.379 e. The Balaban J connectivity index is 2.09. The molecule has 0 atom stereocenters. The van der Waals surface area contributed by atoms with Crippen LogP contribution in [0.3, 0.4) is 0 Å². The summed E-state index contributed by atoms with van der Waals surface area (Å²) in [4.78, 5) is 0. The molecule has 0 aliphatic heterocycles. The van der Waals surface area contributed by atoms with Gasteiger partial charge in [-0.25, -0.2) is 8.78 Å². The van der Waals surface area contributed by atoms with Crippen LogP contribution in [0.4, 0.5) is 14.5 Å². The Bertz CT molecular complexity index is 570. The van der Waals surface area contributed by atoms with Crippen LogP contribution < -0.4 is 5.32 Å². The predicted octanol–water partition coefficient (Wildman–Crippen LogP) is 4.65. The molecule has 0 aromatic heterocycles. The Morgan fingerprint density at radius 1 is 1.11 bits per heavy atom. The number of hydrogen-bond donors (Lipinski definition) is 1. The largest absolute Gasteiger partial charge is 0.379 e. The lowest BCUT2D eigenvalue weighted by Gasteiger charge is -2.09. The van der Waals surface area contributed by atoms with Gasteiger partial charge in [0.25, 0.3) is 0 Å². The van der Waals surface area contributed by atoms with Crippen LogP contribution in [-0.4, -0.2) is 0 Å². The highest BCUT2D eigenvalue weighted by Gasteiger charge is 2.03. The van der Waals surface area contributed by atoms with Crippen molar-refractivity contribution in [1.82, 2.24) is 0 Å². The number of anilines is 1. The van der Waals surface area contributed by atoms with Crippen molar-refractivity contribution in [1.29, 1.82) is 0 Å². The maximum Gasteiger partial charge on any atom is 0.149 e. The average Bonchev–Trinajstić information content (AvgIpc) is 2.32. The van der Waals surface area contributed by atoms with Gasteiger partial charge in [0.1, 0.15) is 11.6 Å². The van der Waals surface area contributed by atoms with Gasteiger partial charge in [-0.15, -0.1) is 0 Å². The summed E-state index contributed by atoms with van der Waals surface area (Å²) >= 11 is 3.44. The van der Waals surface area contributed by atoms with Crippen molar-refractivity contribution in [3.05, 3.63) is 63.6 Å². The van der Waals surface area contributed by atoms with Gasteiger partial charge in [-0.2, -0.15) is 0 Å². The molecule has 94 valence electrons. The van der Waals surface area contributed by atoms with Crippen molar-refractivity contribution in [3.63, 3.8) is 0 Å². The Labute approximate surface area is 113 Å². The molecule has 0 unspecified atom stereocenters. The monoisotopic (exact) mass is 311 g/mol. The number of hydrogen-bond acceptors (Lipinski definition) is 1. The SMILES string of the molecule is Cc1ccc(CNc2ccc(F)cc2F)cc1Br. The Morgan fingerprint density at radius 2 is 1.89 bits per heavy atom. The van der Waals surface area contributed by atoms with E-state index in [0.717, 1.165) is 21.7 Å². The molecule has 0 fully saturated rings. The maximum absolute atomic E-state index is 13.4. The minimum atomic E-state index is -0.582. The van der Waals surface area contributed by atoms with Crippen LogP contribution in [-0.2, 0) is 6.54 Å². The highest BCUT2D eigenvalue weighted by atomic mass is 79.9. The molecular formula is C14H12BrF2N. The fraction of sp³-hybridized carbons (Fsp3) is 0.143. The fourth-order valence-electron chi connectivity index (χ4n) is 1.58. The highest BCUT2D eigenvalue weighted by Crippen LogP contribution is 2.20. The van der Waals surface area contributed by atoms with Crippen molar-refractivity contribution in [2.45, 2.75) is 13.5 Å². The second-order valence-electron chi connectivity index (χ2n) is 4.06. The molecule has 0 saturated heterocycles. The lowest BCUT2D eigenvalue weighted by Crippen LogP contribution is -2.02. The summed E-state index contributed by atoms with van der Waals surface area (Å²) in [5.74, 6) is -1.16. The molecule has 1 nitrogen and oxygen atoms in total. The van der Waals surface area contributed by atoms with Gasteiger partial charge in [-0.3, -0.25) is 0 Å². The second kappa shape index (κ2) is 5.48. The predicted molar refractivity (Wildman–Crippen MR) is 72.6 cm³/mol. The minimum absolute atomic E-state index is 0.299. The van der Waals surface area contributed by atoms with Crippen molar-refractivity contribution < 1.29 is 8.78 Å². The summed E-state index contributed by atoms with van der Waals surface area (Å²) in [5.41, 5.74) is 2.47. The smallest absolute Gasteiger partial charge is 0.149 e. The van der Waals surface area contributed by atoms with Gasteiger partial charge in [0.15, 0.2) is 0 Å². The fourth-order valence-corrected chi connectivity index (χ4v) is 2.00. The second-order valence-corrected chi connectivity index (χ2v) is 4.92. The molecule has 0 heterocycles. The molecule has 4 heteroatoms. The van der Waals surface area contributed by atoms with Gasteiger partial charge < -0.3 is 5.32 Å². The molecule has 2 rings (SSSR count). The summed E-state index contributed by atoms with van der Waals surface area (Å²) < 4.78 is 27.1. The number of nitrogens with one attached hydrogen (secondary N) is 1. The Hall–Kier alpha value is -1.42. The van der Waals surface area contributed by atoms with E-state index in [1.165, 1.54) is 12.1 Å². The summed E-state index contributed by atoms with van der Waals surface area (Å²) in [6.45, 7) is 2.49. The number of rotatable bonds is 3. The highest BCUT2D eigenvalue weighted by molar-refractivity contribution is 9.10. The van der Waals surface area contributed by atoms with Gasteiger partial charge >= 0.3 is 0 Å². The first-order valence-electron chi connectivity index (χ1n) is 5.50. The lowest BCUT2D eigenvalue weighted by molar-refractivity contribution is 0.585. The van der Waals surface area contributed by atoms with Gasteiger partial charge in [-0.05, 0) is 36.2 Å². The van der Waals surface area contributed by atoms with E-state index < -0.39 is 11.6 Å². The summed E-state index contributed by atoms with van der Waals surface area (Å²) in [7, 11) is 0. The first-order chi connectivity index (χ1) is 8.56. The average molecular weight is 312 g/mol.